The molecule has 0 amide bonds. The summed E-state index contributed by atoms with van der Waals surface area (Å²) in [5, 5.41) is 6.93. The van der Waals surface area contributed by atoms with Gasteiger partial charge in [-0.2, -0.15) is 0 Å². The number of pyridine rings is 1. The number of nitrogens with zero attached hydrogens (tertiary/aromatic N) is 3. The first-order valence-electron chi connectivity index (χ1n) is 9.07. The summed E-state index contributed by atoms with van der Waals surface area (Å²) >= 11 is 0. The van der Waals surface area contributed by atoms with Crippen LogP contribution in [0.25, 0.3) is 0 Å². The van der Waals surface area contributed by atoms with Gasteiger partial charge in [-0.1, -0.05) is 6.07 Å². The molecule has 140 valence electrons. The van der Waals surface area contributed by atoms with Crippen molar-refractivity contribution in [1.82, 2.24) is 15.6 Å². The third-order valence-electron chi connectivity index (χ3n) is 4.31. The molecule has 1 aliphatic rings. The number of aliphatic imine (C=N–C) groups is 1. The fourth-order valence-corrected chi connectivity index (χ4v) is 2.98. The molecular weight excluding hydrogens is 330 g/mol. The van der Waals surface area contributed by atoms with Crippen LogP contribution < -0.4 is 15.5 Å². The van der Waals surface area contributed by atoms with Gasteiger partial charge in [-0.05, 0) is 30.7 Å². The van der Waals surface area contributed by atoms with Crippen LogP contribution in [-0.4, -0.2) is 56.9 Å². The number of anilines is 1. The quantitative estimate of drug-likeness (QED) is 0.425. The van der Waals surface area contributed by atoms with Crippen molar-refractivity contribution in [3.8, 4) is 0 Å². The minimum atomic E-state index is 0.342. The highest BCUT2D eigenvalue weighted by molar-refractivity contribution is 5.80. The highest BCUT2D eigenvalue weighted by atomic mass is 16.5. The molecule has 0 aliphatic carbocycles. The summed E-state index contributed by atoms with van der Waals surface area (Å²) in [6.45, 7) is 3.91. The van der Waals surface area contributed by atoms with E-state index in [1.807, 2.05) is 30.5 Å². The SMILES string of the molecule is COCCN=C(NCCc1ccco1)NC1CCN(c2ccccn2)C1. The first-order chi connectivity index (χ1) is 12.8. The standard InChI is InChI=1S/C19H27N5O2/c1-25-14-11-22-19(21-10-7-17-5-4-13-26-17)23-16-8-12-24(15-16)18-6-2-3-9-20-18/h2-6,9,13,16H,7-8,10-12,14-15H2,1H3,(H2,21,22,23). The zero-order chi connectivity index (χ0) is 18.0. The Hall–Kier alpha value is -2.54. The summed E-state index contributed by atoms with van der Waals surface area (Å²) in [7, 11) is 1.69. The van der Waals surface area contributed by atoms with Crippen LogP contribution in [0, 0.1) is 0 Å². The van der Waals surface area contributed by atoms with Gasteiger partial charge in [0, 0.05) is 45.4 Å². The van der Waals surface area contributed by atoms with Crippen molar-refractivity contribution in [2.75, 3.05) is 44.8 Å². The molecule has 2 N–H and O–H groups in total. The Morgan fingerprint density at radius 3 is 3.12 bits per heavy atom. The van der Waals surface area contributed by atoms with Crippen molar-refractivity contribution in [2.45, 2.75) is 18.9 Å². The van der Waals surface area contributed by atoms with E-state index in [0.717, 1.165) is 50.0 Å². The Bertz CT molecular complexity index is 660. The van der Waals surface area contributed by atoms with Crippen LogP contribution in [0.1, 0.15) is 12.2 Å². The molecule has 1 fully saturated rings. The predicted octanol–water partition coefficient (Wildman–Crippen LogP) is 1.68. The molecule has 26 heavy (non-hydrogen) atoms. The molecule has 0 radical (unpaired) electrons. The average Bonchev–Trinajstić information content (AvgIpc) is 3.34. The molecule has 0 spiro atoms. The van der Waals surface area contributed by atoms with Crippen molar-refractivity contribution in [2.24, 2.45) is 4.99 Å². The fraction of sp³-hybridized carbons (Fsp3) is 0.474. The third-order valence-corrected chi connectivity index (χ3v) is 4.31. The van der Waals surface area contributed by atoms with Crippen LogP contribution in [0.4, 0.5) is 5.82 Å². The molecule has 3 heterocycles. The van der Waals surface area contributed by atoms with Gasteiger partial charge in [-0.25, -0.2) is 4.98 Å². The van der Waals surface area contributed by atoms with Gasteiger partial charge < -0.3 is 24.7 Å². The molecule has 3 rings (SSSR count). The summed E-state index contributed by atoms with van der Waals surface area (Å²) in [4.78, 5) is 11.3. The normalized spacial score (nSPS) is 17.5. The Kier molecular flexibility index (Phi) is 6.89. The summed E-state index contributed by atoms with van der Waals surface area (Å²) in [6.07, 6.45) is 5.41. The monoisotopic (exact) mass is 357 g/mol. The number of aromatic nitrogens is 1. The first kappa shape index (κ1) is 18.3. The van der Waals surface area contributed by atoms with Crippen molar-refractivity contribution in [3.63, 3.8) is 0 Å². The molecule has 2 aromatic heterocycles. The Labute approximate surface area is 154 Å². The van der Waals surface area contributed by atoms with E-state index in [1.54, 1.807) is 13.4 Å². The van der Waals surface area contributed by atoms with Crippen molar-refractivity contribution >= 4 is 11.8 Å². The number of furan rings is 1. The molecule has 0 bridgehead atoms. The lowest BCUT2D eigenvalue weighted by atomic mass is 10.3. The van der Waals surface area contributed by atoms with Gasteiger partial charge in [-0.3, -0.25) is 4.99 Å². The van der Waals surface area contributed by atoms with Crippen LogP contribution >= 0.6 is 0 Å². The molecule has 1 atom stereocenters. The molecular formula is C19H27N5O2. The second kappa shape index (κ2) is 9.82. The largest absolute Gasteiger partial charge is 0.469 e. The average molecular weight is 357 g/mol. The van der Waals surface area contributed by atoms with Gasteiger partial charge >= 0.3 is 0 Å². The Morgan fingerprint density at radius 1 is 1.38 bits per heavy atom. The number of rotatable bonds is 8. The van der Waals surface area contributed by atoms with Crippen LogP contribution in [0.3, 0.4) is 0 Å². The van der Waals surface area contributed by atoms with E-state index >= 15 is 0 Å². The van der Waals surface area contributed by atoms with Gasteiger partial charge in [0.1, 0.15) is 11.6 Å². The lowest BCUT2D eigenvalue weighted by Crippen LogP contribution is -2.45. The van der Waals surface area contributed by atoms with Gasteiger partial charge in [-0.15, -0.1) is 0 Å². The lowest BCUT2D eigenvalue weighted by Gasteiger charge is -2.19. The number of ether oxygens (including phenoxy) is 1. The molecule has 1 saturated heterocycles. The summed E-state index contributed by atoms with van der Waals surface area (Å²) in [6, 6.07) is 10.3. The van der Waals surface area contributed by atoms with E-state index < -0.39 is 0 Å². The van der Waals surface area contributed by atoms with Crippen molar-refractivity contribution in [1.29, 1.82) is 0 Å². The van der Waals surface area contributed by atoms with Crippen molar-refractivity contribution < 1.29 is 9.15 Å². The topological polar surface area (TPSA) is 74.9 Å². The molecule has 1 unspecified atom stereocenters. The second-order valence-corrected chi connectivity index (χ2v) is 6.24. The zero-order valence-electron chi connectivity index (χ0n) is 15.2. The number of nitrogens with one attached hydrogen (secondary N) is 2. The molecule has 7 nitrogen and oxygen atoms in total. The number of guanidine groups is 1. The molecule has 1 aliphatic heterocycles. The van der Waals surface area contributed by atoms with Crippen molar-refractivity contribution in [3.05, 3.63) is 48.6 Å². The summed E-state index contributed by atoms with van der Waals surface area (Å²) in [5.74, 6) is 2.82. The van der Waals surface area contributed by atoms with Gasteiger partial charge in [0.05, 0.1) is 19.4 Å². The molecule has 7 heteroatoms. The summed E-state index contributed by atoms with van der Waals surface area (Å²) < 4.78 is 10.5. The van der Waals surface area contributed by atoms with Gasteiger partial charge in [0.2, 0.25) is 0 Å². The van der Waals surface area contributed by atoms with E-state index in [-0.39, 0.29) is 0 Å². The van der Waals surface area contributed by atoms with Crippen LogP contribution in [0.15, 0.2) is 52.2 Å². The van der Waals surface area contributed by atoms with E-state index in [9.17, 15) is 0 Å². The fourth-order valence-electron chi connectivity index (χ4n) is 2.98. The minimum Gasteiger partial charge on any atom is -0.469 e. The first-order valence-corrected chi connectivity index (χ1v) is 9.07. The highest BCUT2D eigenvalue weighted by Crippen LogP contribution is 2.17. The Morgan fingerprint density at radius 2 is 2.35 bits per heavy atom. The lowest BCUT2D eigenvalue weighted by molar-refractivity contribution is 0.208. The molecule has 2 aromatic rings. The smallest absolute Gasteiger partial charge is 0.191 e. The maximum absolute atomic E-state index is 5.38. The van der Waals surface area contributed by atoms with E-state index in [1.165, 1.54) is 0 Å². The van der Waals surface area contributed by atoms with Crippen LogP contribution in [-0.2, 0) is 11.2 Å². The molecule has 0 saturated carbocycles. The van der Waals surface area contributed by atoms with Gasteiger partial charge in [0.25, 0.3) is 0 Å². The third kappa shape index (κ3) is 5.49. The minimum absolute atomic E-state index is 0.342. The van der Waals surface area contributed by atoms with Crippen LogP contribution in [0.5, 0.6) is 0 Å². The number of methoxy groups -OCH3 is 1. The van der Waals surface area contributed by atoms with E-state index in [0.29, 0.717) is 19.2 Å². The Balaban J connectivity index is 1.51. The maximum atomic E-state index is 5.38. The highest BCUT2D eigenvalue weighted by Gasteiger charge is 2.24. The van der Waals surface area contributed by atoms with Gasteiger partial charge in [0.15, 0.2) is 5.96 Å². The number of hydrogen-bond acceptors (Lipinski definition) is 5. The maximum Gasteiger partial charge on any atom is 0.191 e. The zero-order valence-corrected chi connectivity index (χ0v) is 15.2. The number of hydrogen-bond donors (Lipinski definition) is 2. The second-order valence-electron chi connectivity index (χ2n) is 6.24. The summed E-state index contributed by atoms with van der Waals surface area (Å²) in [5.41, 5.74) is 0. The predicted molar refractivity (Wildman–Crippen MR) is 103 cm³/mol. The van der Waals surface area contributed by atoms with E-state index in [4.69, 9.17) is 9.15 Å². The van der Waals surface area contributed by atoms with E-state index in [2.05, 4.69) is 31.6 Å². The molecule has 0 aromatic carbocycles. The van der Waals surface area contributed by atoms with Crippen LogP contribution in [0.2, 0.25) is 0 Å².